The number of nitrogens with one attached hydrogen (secondary N) is 1. The van der Waals surface area contributed by atoms with Gasteiger partial charge in [-0.3, -0.25) is 29.2 Å². The first-order chi connectivity index (χ1) is 18.1. The molecule has 18 nitrogen and oxygen atoms in total. The molecule has 0 spiro atoms. The van der Waals surface area contributed by atoms with Crippen molar-refractivity contribution in [1.82, 2.24) is 5.32 Å². The number of aliphatic carboxylic acids is 3. The smallest absolute Gasteiger partial charge is 0.324 e. The fourth-order valence-electron chi connectivity index (χ4n) is 2.72. The van der Waals surface area contributed by atoms with E-state index in [0.29, 0.717) is 38.8 Å². The number of carboxylic acid groups (broad SMARTS) is 3. The van der Waals surface area contributed by atoms with Crippen molar-refractivity contribution in [2.45, 2.75) is 75.7 Å². The van der Waals surface area contributed by atoms with Crippen molar-refractivity contribution in [3.05, 3.63) is 0 Å². The Kier molecular flexibility index (Phi) is 20.4. The first kappa shape index (κ1) is 37.4. The fraction of sp³-hybridized carbons (Fsp3) is 0.714. The van der Waals surface area contributed by atoms with E-state index >= 15 is 0 Å². The van der Waals surface area contributed by atoms with E-state index in [2.05, 4.69) is 15.3 Å². The lowest BCUT2D eigenvalue weighted by Crippen LogP contribution is -2.45. The van der Waals surface area contributed by atoms with Gasteiger partial charge in [-0.15, -0.1) is 0 Å². The summed E-state index contributed by atoms with van der Waals surface area (Å²) in [6.45, 7) is 3.02. The standard InChI is InChI=1S/C10H21N5O4.C6H14N4O2.C5H9NO2/c1-5(7(12)8(16)17)19-9(18)6(11)3-2-4-15-10(13)14;7-4(5(11)12)2-1-3-10-6(8)9;7-5(8)4-2-1-3-6-4/h5-7H,2-4,11-12H2,1H3,(H,16,17)(H4,13,14,15);4H,1-3,7H2,(H,11,12)(H4,8,9,10);4,6H,1-3H2,(H,7,8)/t5-,6+,7+;2*4-/m100/s1. The molecule has 0 aliphatic carbocycles. The fourth-order valence-corrected chi connectivity index (χ4v) is 2.72. The molecule has 0 amide bonds. The molecule has 1 aliphatic rings. The van der Waals surface area contributed by atoms with Gasteiger partial charge in [0, 0.05) is 13.1 Å². The minimum absolute atomic E-state index is 0.0129. The zero-order valence-corrected chi connectivity index (χ0v) is 22.1. The first-order valence-corrected chi connectivity index (χ1v) is 12.1. The predicted molar refractivity (Wildman–Crippen MR) is 143 cm³/mol. The van der Waals surface area contributed by atoms with E-state index in [4.69, 9.17) is 60.2 Å². The van der Waals surface area contributed by atoms with Crippen LogP contribution in [-0.4, -0.2) is 101 Å². The molecule has 18 heteroatoms. The molecule has 1 saturated heterocycles. The number of ether oxygens (including phenoxy) is 1. The molecule has 1 fully saturated rings. The van der Waals surface area contributed by atoms with Crippen LogP contribution in [-0.2, 0) is 23.9 Å². The lowest BCUT2D eigenvalue weighted by molar-refractivity contribution is -0.155. The van der Waals surface area contributed by atoms with E-state index in [0.717, 1.165) is 19.4 Å². The Balaban J connectivity index is 0. The maximum atomic E-state index is 11.5. The number of hydrogen-bond acceptors (Lipinski definition) is 11. The van der Waals surface area contributed by atoms with Crippen molar-refractivity contribution in [1.29, 1.82) is 0 Å². The van der Waals surface area contributed by atoms with Gasteiger partial charge in [0.25, 0.3) is 0 Å². The molecule has 1 heterocycles. The summed E-state index contributed by atoms with van der Waals surface area (Å²) in [5.41, 5.74) is 36.5. The lowest BCUT2D eigenvalue weighted by atomic mass is 10.1. The molecular weight excluding hydrogens is 520 g/mol. The molecule has 1 rings (SSSR count). The highest BCUT2D eigenvalue weighted by Gasteiger charge is 2.25. The molecule has 1 aliphatic heterocycles. The number of carbonyl (C=O) groups is 4. The van der Waals surface area contributed by atoms with E-state index in [1.54, 1.807) is 0 Å². The Bertz CT molecular complexity index is 813. The van der Waals surface area contributed by atoms with Crippen molar-refractivity contribution in [3.63, 3.8) is 0 Å². The van der Waals surface area contributed by atoms with Gasteiger partial charge in [0.2, 0.25) is 0 Å². The van der Waals surface area contributed by atoms with Crippen LogP contribution in [0.2, 0.25) is 0 Å². The quantitative estimate of drug-likeness (QED) is 0.0414. The molecule has 0 saturated carbocycles. The zero-order valence-electron chi connectivity index (χ0n) is 22.1. The topological polar surface area (TPSA) is 357 Å². The summed E-state index contributed by atoms with van der Waals surface area (Å²) < 4.78 is 4.86. The number of rotatable bonds is 14. The Morgan fingerprint density at radius 2 is 1.36 bits per heavy atom. The van der Waals surface area contributed by atoms with Crippen LogP contribution in [0.4, 0.5) is 0 Å². The van der Waals surface area contributed by atoms with Gasteiger partial charge in [0.1, 0.15) is 30.3 Å². The number of carbonyl (C=O) groups excluding carboxylic acids is 1. The van der Waals surface area contributed by atoms with Crippen LogP contribution in [0.5, 0.6) is 0 Å². The number of aliphatic imine (C=N–C) groups is 2. The highest BCUT2D eigenvalue weighted by Crippen LogP contribution is 2.04. The Hall–Kier alpha value is -3.74. The summed E-state index contributed by atoms with van der Waals surface area (Å²) in [6, 6.07) is -3.23. The number of hydrogen-bond donors (Lipinski definition) is 11. The van der Waals surface area contributed by atoms with Gasteiger partial charge in [-0.2, -0.15) is 0 Å². The summed E-state index contributed by atoms with van der Waals surface area (Å²) in [5, 5.41) is 28.2. The molecule has 0 aromatic rings. The van der Waals surface area contributed by atoms with Crippen molar-refractivity contribution in [2.75, 3.05) is 19.6 Å². The Morgan fingerprint density at radius 1 is 0.872 bits per heavy atom. The molecule has 5 atom stereocenters. The highest BCUT2D eigenvalue weighted by atomic mass is 16.5. The Morgan fingerprint density at radius 3 is 1.69 bits per heavy atom. The summed E-state index contributed by atoms with van der Waals surface area (Å²) in [7, 11) is 0. The van der Waals surface area contributed by atoms with Crippen LogP contribution in [0.3, 0.4) is 0 Å². The zero-order chi connectivity index (χ0) is 30.5. The average molecular weight is 565 g/mol. The van der Waals surface area contributed by atoms with E-state index in [9.17, 15) is 19.2 Å². The molecule has 0 unspecified atom stereocenters. The van der Waals surface area contributed by atoms with Crippen molar-refractivity contribution < 1.29 is 39.2 Å². The molecule has 39 heavy (non-hydrogen) atoms. The number of guanidine groups is 2. The largest absolute Gasteiger partial charge is 0.480 e. The molecule has 0 bridgehead atoms. The normalized spacial score (nSPS) is 16.9. The van der Waals surface area contributed by atoms with E-state index < -0.39 is 48.1 Å². The number of nitrogens with two attached hydrogens (primary N) is 7. The van der Waals surface area contributed by atoms with Crippen LogP contribution in [0.25, 0.3) is 0 Å². The lowest BCUT2D eigenvalue weighted by Gasteiger charge is -2.19. The number of esters is 1. The monoisotopic (exact) mass is 564 g/mol. The van der Waals surface area contributed by atoms with Crippen LogP contribution in [0.1, 0.15) is 45.4 Å². The average Bonchev–Trinajstić information content (AvgIpc) is 3.39. The van der Waals surface area contributed by atoms with E-state index in [1.807, 2.05) is 0 Å². The maximum Gasteiger partial charge on any atom is 0.324 e. The van der Waals surface area contributed by atoms with Crippen molar-refractivity contribution >= 4 is 35.8 Å². The van der Waals surface area contributed by atoms with E-state index in [-0.39, 0.29) is 18.0 Å². The molecule has 226 valence electrons. The van der Waals surface area contributed by atoms with Crippen LogP contribution in [0.15, 0.2) is 9.98 Å². The summed E-state index contributed by atoms with van der Waals surface area (Å²) in [4.78, 5) is 49.9. The van der Waals surface area contributed by atoms with Crippen molar-refractivity contribution in [3.8, 4) is 0 Å². The summed E-state index contributed by atoms with van der Waals surface area (Å²) in [5.74, 6) is -3.69. The minimum Gasteiger partial charge on any atom is -0.480 e. The van der Waals surface area contributed by atoms with Gasteiger partial charge < -0.3 is 65.5 Å². The van der Waals surface area contributed by atoms with Crippen molar-refractivity contribution in [2.24, 2.45) is 50.1 Å². The van der Waals surface area contributed by atoms with Gasteiger partial charge in [-0.25, -0.2) is 0 Å². The van der Waals surface area contributed by atoms with Crippen LogP contribution < -0.4 is 45.5 Å². The number of carboxylic acids is 3. The van der Waals surface area contributed by atoms with E-state index in [1.165, 1.54) is 6.92 Å². The van der Waals surface area contributed by atoms with Gasteiger partial charge in [0.05, 0.1) is 0 Å². The second-order valence-corrected chi connectivity index (χ2v) is 8.44. The molecule has 0 aromatic carbocycles. The summed E-state index contributed by atoms with van der Waals surface area (Å²) >= 11 is 0. The SMILES string of the molecule is C[C@@H](OC(=O)[C@@H](N)CCCN=C(N)N)[C@H](N)C(=O)O.NC(N)=NCCC[C@H](N)C(=O)O.O=C(O)[C@@H]1CCCN1. The second-order valence-electron chi connectivity index (χ2n) is 8.44. The second kappa shape index (κ2) is 21.2. The summed E-state index contributed by atoms with van der Waals surface area (Å²) in [6.07, 6.45) is 2.62. The van der Waals surface area contributed by atoms with Gasteiger partial charge in [-0.05, 0) is 52.0 Å². The third kappa shape index (κ3) is 20.9. The van der Waals surface area contributed by atoms with Crippen LogP contribution >= 0.6 is 0 Å². The predicted octanol–water partition coefficient (Wildman–Crippen LogP) is -4.01. The van der Waals surface area contributed by atoms with Gasteiger partial charge in [0.15, 0.2) is 11.9 Å². The third-order valence-corrected chi connectivity index (χ3v) is 5.01. The minimum atomic E-state index is -1.28. The molecule has 0 aromatic heterocycles. The van der Waals surface area contributed by atoms with Gasteiger partial charge in [-0.1, -0.05) is 0 Å². The Labute approximate surface area is 226 Å². The first-order valence-electron chi connectivity index (χ1n) is 12.1. The molecule has 0 radical (unpaired) electrons. The molecule has 18 N–H and O–H groups in total. The maximum absolute atomic E-state index is 11.5. The number of nitrogens with zero attached hydrogens (tertiary/aromatic N) is 2. The molecular formula is C21H44N10O8. The van der Waals surface area contributed by atoms with Crippen LogP contribution in [0, 0.1) is 0 Å². The third-order valence-electron chi connectivity index (χ3n) is 5.01. The van der Waals surface area contributed by atoms with Gasteiger partial charge >= 0.3 is 23.9 Å². The highest BCUT2D eigenvalue weighted by molar-refractivity contribution is 5.78.